The van der Waals surface area contributed by atoms with Crippen LogP contribution < -0.4 is 16.2 Å². The summed E-state index contributed by atoms with van der Waals surface area (Å²) in [5.41, 5.74) is 12.3. The topological polar surface area (TPSA) is 61.3 Å². The molecule has 4 N–H and O–H groups in total. The van der Waals surface area contributed by atoms with Crippen LogP contribution in [0.1, 0.15) is 38.8 Å². The molecule has 0 aliphatic rings. The molecule has 96 valence electrons. The van der Waals surface area contributed by atoms with Crippen molar-refractivity contribution in [3.8, 4) is 5.75 Å². The molecule has 0 saturated heterocycles. The van der Waals surface area contributed by atoms with E-state index < -0.39 is 0 Å². The molecule has 0 fully saturated rings. The third-order valence-corrected chi connectivity index (χ3v) is 2.43. The van der Waals surface area contributed by atoms with Crippen LogP contribution in [-0.2, 0) is 0 Å². The summed E-state index contributed by atoms with van der Waals surface area (Å²) < 4.78 is 18.8. The predicted molar refractivity (Wildman–Crippen MR) is 67.4 cm³/mol. The summed E-state index contributed by atoms with van der Waals surface area (Å²) in [5, 5.41) is 0. The molecule has 0 aliphatic carbocycles. The van der Waals surface area contributed by atoms with Gasteiger partial charge in [-0.2, -0.15) is 0 Å². The highest BCUT2D eigenvalue weighted by Gasteiger charge is 2.18. The molecule has 1 aromatic carbocycles. The Morgan fingerprint density at radius 2 is 2.06 bits per heavy atom. The highest BCUT2D eigenvalue weighted by Crippen LogP contribution is 2.25. The molecular formula is C13H21FN2O. The van der Waals surface area contributed by atoms with Crippen molar-refractivity contribution in [1.82, 2.24) is 0 Å². The SMILES string of the molecule is CCOc1ccc(C(N)CC(C)(C)N)cc1F. The smallest absolute Gasteiger partial charge is 0.165 e. The number of nitrogens with two attached hydrogens (primary N) is 2. The molecule has 1 atom stereocenters. The van der Waals surface area contributed by atoms with E-state index in [1.54, 1.807) is 12.1 Å². The highest BCUT2D eigenvalue weighted by atomic mass is 19.1. The highest BCUT2D eigenvalue weighted by molar-refractivity contribution is 5.31. The molecule has 0 heterocycles. The molecule has 1 unspecified atom stereocenters. The molecule has 3 nitrogen and oxygen atoms in total. The first-order chi connectivity index (χ1) is 7.83. The second-order valence-corrected chi connectivity index (χ2v) is 4.92. The lowest BCUT2D eigenvalue weighted by atomic mass is 9.92. The quantitative estimate of drug-likeness (QED) is 0.830. The zero-order chi connectivity index (χ0) is 13.1. The number of halogens is 1. The van der Waals surface area contributed by atoms with Crippen molar-refractivity contribution in [3.63, 3.8) is 0 Å². The monoisotopic (exact) mass is 240 g/mol. The average molecular weight is 240 g/mol. The first-order valence-corrected chi connectivity index (χ1v) is 5.80. The lowest BCUT2D eigenvalue weighted by molar-refractivity contribution is 0.321. The van der Waals surface area contributed by atoms with Crippen molar-refractivity contribution < 1.29 is 9.13 Å². The molecule has 0 spiro atoms. The van der Waals surface area contributed by atoms with E-state index in [1.165, 1.54) is 6.07 Å². The van der Waals surface area contributed by atoms with Crippen LogP contribution in [-0.4, -0.2) is 12.1 Å². The van der Waals surface area contributed by atoms with Gasteiger partial charge in [-0.05, 0) is 44.9 Å². The standard InChI is InChI=1S/C13H21FN2O/c1-4-17-12-6-5-9(7-10(12)14)11(15)8-13(2,3)16/h5-7,11H,4,8,15-16H2,1-3H3. The maximum Gasteiger partial charge on any atom is 0.165 e. The van der Waals surface area contributed by atoms with Gasteiger partial charge in [0, 0.05) is 11.6 Å². The lowest BCUT2D eigenvalue weighted by Crippen LogP contribution is -2.35. The number of hydrogen-bond donors (Lipinski definition) is 2. The van der Waals surface area contributed by atoms with Crippen LogP contribution in [0.15, 0.2) is 18.2 Å². The van der Waals surface area contributed by atoms with Gasteiger partial charge in [0.2, 0.25) is 0 Å². The number of ether oxygens (including phenoxy) is 1. The minimum Gasteiger partial charge on any atom is -0.491 e. The van der Waals surface area contributed by atoms with Crippen molar-refractivity contribution in [2.45, 2.75) is 38.8 Å². The molecule has 0 bridgehead atoms. The Balaban J connectivity index is 2.82. The van der Waals surface area contributed by atoms with Crippen LogP contribution in [0.25, 0.3) is 0 Å². The first-order valence-electron chi connectivity index (χ1n) is 5.80. The van der Waals surface area contributed by atoms with Crippen molar-refractivity contribution in [2.75, 3.05) is 6.61 Å². The van der Waals surface area contributed by atoms with E-state index in [2.05, 4.69) is 0 Å². The van der Waals surface area contributed by atoms with Crippen LogP contribution >= 0.6 is 0 Å². The zero-order valence-electron chi connectivity index (χ0n) is 10.7. The van der Waals surface area contributed by atoms with Gasteiger partial charge < -0.3 is 16.2 Å². The minimum atomic E-state index is -0.380. The Morgan fingerprint density at radius 3 is 2.53 bits per heavy atom. The van der Waals surface area contributed by atoms with E-state index in [4.69, 9.17) is 16.2 Å². The average Bonchev–Trinajstić information content (AvgIpc) is 2.18. The Labute approximate surface area is 102 Å². The van der Waals surface area contributed by atoms with Crippen LogP contribution in [0.4, 0.5) is 4.39 Å². The van der Waals surface area contributed by atoms with Gasteiger partial charge in [0.1, 0.15) is 0 Å². The van der Waals surface area contributed by atoms with Gasteiger partial charge in [-0.3, -0.25) is 0 Å². The van der Waals surface area contributed by atoms with Gasteiger partial charge in [0.25, 0.3) is 0 Å². The summed E-state index contributed by atoms with van der Waals surface area (Å²) in [5.74, 6) is -0.120. The van der Waals surface area contributed by atoms with E-state index in [1.807, 2.05) is 20.8 Å². The second kappa shape index (κ2) is 5.47. The fourth-order valence-corrected chi connectivity index (χ4v) is 1.70. The van der Waals surface area contributed by atoms with Crippen LogP contribution in [0.5, 0.6) is 5.75 Å². The van der Waals surface area contributed by atoms with E-state index in [0.717, 1.165) is 5.56 Å². The van der Waals surface area contributed by atoms with Gasteiger partial charge >= 0.3 is 0 Å². The van der Waals surface area contributed by atoms with Crippen LogP contribution in [0.3, 0.4) is 0 Å². The van der Waals surface area contributed by atoms with Crippen LogP contribution in [0.2, 0.25) is 0 Å². The molecular weight excluding hydrogens is 219 g/mol. The Kier molecular flexibility index (Phi) is 4.48. The summed E-state index contributed by atoms with van der Waals surface area (Å²) >= 11 is 0. The summed E-state index contributed by atoms with van der Waals surface area (Å²) in [6, 6.07) is 4.55. The van der Waals surface area contributed by atoms with Gasteiger partial charge in [0.05, 0.1) is 6.61 Å². The predicted octanol–water partition coefficient (Wildman–Crippen LogP) is 2.35. The van der Waals surface area contributed by atoms with Gasteiger partial charge in [0.15, 0.2) is 11.6 Å². The van der Waals surface area contributed by atoms with Gasteiger partial charge in [-0.1, -0.05) is 6.07 Å². The fraction of sp³-hybridized carbons (Fsp3) is 0.538. The normalized spacial score (nSPS) is 13.5. The summed E-state index contributed by atoms with van der Waals surface area (Å²) in [6.45, 7) is 6.06. The van der Waals surface area contributed by atoms with E-state index in [0.29, 0.717) is 13.0 Å². The van der Waals surface area contributed by atoms with Gasteiger partial charge in [-0.15, -0.1) is 0 Å². The summed E-state index contributed by atoms with van der Waals surface area (Å²) in [4.78, 5) is 0. The maximum absolute atomic E-state index is 13.6. The van der Waals surface area contributed by atoms with Crippen molar-refractivity contribution in [3.05, 3.63) is 29.6 Å². The lowest BCUT2D eigenvalue weighted by Gasteiger charge is -2.23. The minimum absolute atomic E-state index is 0.260. The van der Waals surface area contributed by atoms with Crippen LogP contribution in [0, 0.1) is 5.82 Å². The summed E-state index contributed by atoms with van der Waals surface area (Å²) in [6.07, 6.45) is 0.598. The molecule has 0 aromatic heterocycles. The zero-order valence-corrected chi connectivity index (χ0v) is 10.7. The Bertz CT molecular complexity index is 374. The van der Waals surface area contributed by atoms with E-state index in [9.17, 15) is 4.39 Å². The Morgan fingerprint density at radius 1 is 1.41 bits per heavy atom. The van der Waals surface area contributed by atoms with Crippen molar-refractivity contribution in [1.29, 1.82) is 0 Å². The largest absolute Gasteiger partial charge is 0.491 e. The molecule has 0 radical (unpaired) electrons. The first kappa shape index (κ1) is 13.9. The van der Waals surface area contributed by atoms with Gasteiger partial charge in [-0.25, -0.2) is 4.39 Å². The number of hydrogen-bond acceptors (Lipinski definition) is 3. The van der Waals surface area contributed by atoms with E-state index in [-0.39, 0.29) is 23.1 Å². The van der Waals surface area contributed by atoms with Crippen molar-refractivity contribution in [2.24, 2.45) is 11.5 Å². The third-order valence-electron chi connectivity index (χ3n) is 2.43. The molecule has 0 amide bonds. The maximum atomic E-state index is 13.6. The molecule has 1 rings (SSSR count). The van der Waals surface area contributed by atoms with Crippen molar-refractivity contribution >= 4 is 0 Å². The molecule has 0 saturated carbocycles. The van der Waals surface area contributed by atoms with E-state index >= 15 is 0 Å². The molecule has 17 heavy (non-hydrogen) atoms. The summed E-state index contributed by atoms with van der Waals surface area (Å²) in [7, 11) is 0. The molecule has 1 aromatic rings. The molecule has 4 heteroatoms. The second-order valence-electron chi connectivity index (χ2n) is 4.92. The fourth-order valence-electron chi connectivity index (χ4n) is 1.70. The molecule has 0 aliphatic heterocycles. The Hall–Kier alpha value is -1.13. The number of rotatable bonds is 5. The number of benzene rings is 1. The third kappa shape index (κ3) is 4.32.